The molecule has 1 unspecified atom stereocenters. The molecule has 2 N–H and O–H groups in total. The molecule has 0 spiro atoms. The second-order valence-corrected chi connectivity index (χ2v) is 5.51. The van der Waals surface area contributed by atoms with Crippen molar-refractivity contribution in [3.8, 4) is 0 Å². The van der Waals surface area contributed by atoms with Gasteiger partial charge in [-0.1, -0.05) is 20.3 Å². The monoisotopic (exact) mass is 255 g/mol. The fourth-order valence-electron chi connectivity index (χ4n) is 2.31. The highest BCUT2D eigenvalue weighted by atomic mass is 16.3. The van der Waals surface area contributed by atoms with Crippen molar-refractivity contribution in [1.82, 2.24) is 5.32 Å². The van der Waals surface area contributed by atoms with Gasteiger partial charge in [0.05, 0.1) is 0 Å². The zero-order valence-electron chi connectivity index (χ0n) is 11.4. The largest absolute Gasteiger partial charge is 0.396 e. The number of carbonyl (C=O) groups excluding carboxylic acids is 2. The number of rotatable bonds is 6. The van der Waals surface area contributed by atoms with Crippen molar-refractivity contribution in [3.63, 3.8) is 0 Å². The molecule has 18 heavy (non-hydrogen) atoms. The summed E-state index contributed by atoms with van der Waals surface area (Å²) >= 11 is 0. The number of Topliss-reactive ketones (excluding diaryl/α,β-unsaturated/α-hetero) is 1. The fraction of sp³-hybridized carbons (Fsp3) is 0.857. The van der Waals surface area contributed by atoms with Gasteiger partial charge in [-0.05, 0) is 37.5 Å². The first-order valence-electron chi connectivity index (χ1n) is 7.01. The van der Waals surface area contributed by atoms with Gasteiger partial charge in [0.2, 0.25) is 5.78 Å². The summed E-state index contributed by atoms with van der Waals surface area (Å²) in [4.78, 5) is 23.4. The number of aliphatic hydroxyl groups excluding tert-OH is 1. The summed E-state index contributed by atoms with van der Waals surface area (Å²) in [5, 5.41) is 11.9. The van der Waals surface area contributed by atoms with Crippen LogP contribution in [0.15, 0.2) is 0 Å². The maximum Gasteiger partial charge on any atom is 0.287 e. The summed E-state index contributed by atoms with van der Waals surface area (Å²) in [5.41, 5.74) is 0. The van der Waals surface area contributed by atoms with Gasteiger partial charge >= 0.3 is 0 Å². The van der Waals surface area contributed by atoms with Gasteiger partial charge in [0.25, 0.3) is 5.91 Å². The van der Waals surface area contributed by atoms with Crippen LogP contribution in [0.1, 0.15) is 52.4 Å². The SMILES string of the molecule is CCC(C)CC(=O)C(=O)NC1CCC(CO)CC1. The second kappa shape index (κ2) is 7.52. The van der Waals surface area contributed by atoms with Gasteiger partial charge in [-0.2, -0.15) is 0 Å². The van der Waals surface area contributed by atoms with E-state index in [2.05, 4.69) is 5.32 Å². The lowest BCUT2D eigenvalue weighted by Gasteiger charge is -2.27. The van der Waals surface area contributed by atoms with Gasteiger partial charge in [-0.25, -0.2) is 0 Å². The summed E-state index contributed by atoms with van der Waals surface area (Å²) in [5.74, 6) is -0.0845. The van der Waals surface area contributed by atoms with Crippen LogP contribution in [-0.4, -0.2) is 29.4 Å². The molecule has 0 aliphatic heterocycles. The third-order valence-corrected chi connectivity index (χ3v) is 3.92. The second-order valence-electron chi connectivity index (χ2n) is 5.51. The van der Waals surface area contributed by atoms with Crippen LogP contribution in [0.3, 0.4) is 0 Å². The molecule has 0 heterocycles. The number of nitrogens with one attached hydrogen (secondary N) is 1. The quantitative estimate of drug-likeness (QED) is 0.709. The normalized spacial score (nSPS) is 25.5. The summed E-state index contributed by atoms with van der Waals surface area (Å²) in [7, 11) is 0. The summed E-state index contributed by atoms with van der Waals surface area (Å²) < 4.78 is 0. The lowest BCUT2D eigenvalue weighted by Crippen LogP contribution is -2.41. The molecule has 1 fully saturated rings. The van der Waals surface area contributed by atoms with Gasteiger partial charge in [-0.3, -0.25) is 9.59 Å². The first-order chi connectivity index (χ1) is 8.56. The first kappa shape index (κ1) is 15.2. The van der Waals surface area contributed by atoms with Crippen molar-refractivity contribution >= 4 is 11.7 Å². The maximum atomic E-state index is 11.7. The van der Waals surface area contributed by atoms with Gasteiger partial charge in [-0.15, -0.1) is 0 Å². The first-order valence-corrected chi connectivity index (χ1v) is 7.01. The van der Waals surface area contributed by atoms with E-state index in [1.807, 2.05) is 13.8 Å². The summed E-state index contributed by atoms with van der Waals surface area (Å²) in [6.45, 7) is 4.23. The Bertz CT molecular complexity index is 283. The van der Waals surface area contributed by atoms with Crippen LogP contribution in [-0.2, 0) is 9.59 Å². The minimum Gasteiger partial charge on any atom is -0.396 e. The van der Waals surface area contributed by atoms with E-state index in [1.54, 1.807) is 0 Å². The lowest BCUT2D eigenvalue weighted by atomic mass is 9.86. The number of ketones is 1. The zero-order valence-corrected chi connectivity index (χ0v) is 11.4. The molecule has 1 saturated carbocycles. The van der Waals surface area contributed by atoms with E-state index in [1.165, 1.54) is 0 Å². The lowest BCUT2D eigenvalue weighted by molar-refractivity contribution is -0.139. The third kappa shape index (κ3) is 4.77. The predicted octanol–water partition coefficient (Wildman–Crippen LogP) is 1.66. The Hall–Kier alpha value is -0.900. The Kier molecular flexibility index (Phi) is 6.33. The molecule has 0 aromatic rings. The molecule has 0 radical (unpaired) electrons. The van der Waals surface area contributed by atoms with E-state index in [4.69, 9.17) is 5.11 Å². The van der Waals surface area contributed by atoms with Gasteiger partial charge in [0, 0.05) is 19.1 Å². The van der Waals surface area contributed by atoms with E-state index in [-0.39, 0.29) is 24.3 Å². The van der Waals surface area contributed by atoms with Crippen molar-refractivity contribution in [3.05, 3.63) is 0 Å². The Morgan fingerprint density at radius 2 is 1.89 bits per heavy atom. The maximum absolute atomic E-state index is 11.7. The molecular weight excluding hydrogens is 230 g/mol. The number of carbonyl (C=O) groups is 2. The minimum absolute atomic E-state index is 0.112. The Labute approximate surface area is 109 Å². The van der Waals surface area contributed by atoms with Crippen LogP contribution in [0, 0.1) is 11.8 Å². The average Bonchev–Trinajstić information content (AvgIpc) is 2.39. The van der Waals surface area contributed by atoms with Crippen LogP contribution >= 0.6 is 0 Å². The van der Waals surface area contributed by atoms with Crippen molar-refractivity contribution in [1.29, 1.82) is 0 Å². The molecule has 104 valence electrons. The average molecular weight is 255 g/mol. The van der Waals surface area contributed by atoms with E-state index < -0.39 is 5.91 Å². The van der Waals surface area contributed by atoms with Crippen molar-refractivity contribution < 1.29 is 14.7 Å². The molecule has 1 rings (SSSR count). The van der Waals surface area contributed by atoms with Crippen LogP contribution in [0.25, 0.3) is 0 Å². The van der Waals surface area contributed by atoms with E-state index in [9.17, 15) is 9.59 Å². The molecule has 0 saturated heterocycles. The Morgan fingerprint density at radius 1 is 1.28 bits per heavy atom. The van der Waals surface area contributed by atoms with Crippen LogP contribution in [0.5, 0.6) is 0 Å². The van der Waals surface area contributed by atoms with Crippen molar-refractivity contribution in [2.24, 2.45) is 11.8 Å². The minimum atomic E-state index is -0.428. The van der Waals surface area contributed by atoms with Crippen LogP contribution < -0.4 is 5.32 Å². The summed E-state index contributed by atoms with van der Waals surface area (Å²) in [6, 6.07) is 0.112. The van der Waals surface area contributed by atoms with Crippen LogP contribution in [0.4, 0.5) is 0 Å². The van der Waals surface area contributed by atoms with E-state index in [0.717, 1.165) is 32.1 Å². The number of hydrogen-bond donors (Lipinski definition) is 2. The van der Waals surface area contributed by atoms with Gasteiger partial charge in [0.1, 0.15) is 0 Å². The molecule has 0 bridgehead atoms. The van der Waals surface area contributed by atoms with E-state index >= 15 is 0 Å². The van der Waals surface area contributed by atoms with Crippen LogP contribution in [0.2, 0.25) is 0 Å². The number of amides is 1. The third-order valence-electron chi connectivity index (χ3n) is 3.92. The number of aliphatic hydroxyl groups is 1. The van der Waals surface area contributed by atoms with Crippen molar-refractivity contribution in [2.45, 2.75) is 58.4 Å². The summed E-state index contributed by atoms with van der Waals surface area (Å²) in [6.07, 6.45) is 4.86. The molecule has 4 nitrogen and oxygen atoms in total. The molecule has 0 aromatic carbocycles. The molecule has 1 aliphatic rings. The molecule has 4 heteroatoms. The molecular formula is C14H25NO3. The fourth-order valence-corrected chi connectivity index (χ4v) is 2.31. The van der Waals surface area contributed by atoms with Gasteiger partial charge in [0.15, 0.2) is 0 Å². The van der Waals surface area contributed by atoms with E-state index in [0.29, 0.717) is 12.3 Å². The molecule has 1 aliphatic carbocycles. The van der Waals surface area contributed by atoms with Crippen molar-refractivity contribution in [2.75, 3.05) is 6.61 Å². The highest BCUT2D eigenvalue weighted by Crippen LogP contribution is 2.23. The highest BCUT2D eigenvalue weighted by Gasteiger charge is 2.24. The number of hydrogen-bond acceptors (Lipinski definition) is 3. The highest BCUT2D eigenvalue weighted by molar-refractivity contribution is 6.36. The Balaban J connectivity index is 2.30. The molecule has 1 amide bonds. The predicted molar refractivity (Wildman–Crippen MR) is 70.1 cm³/mol. The standard InChI is InChI=1S/C14H25NO3/c1-3-10(2)8-13(17)14(18)15-12-6-4-11(9-16)5-7-12/h10-12,16H,3-9H2,1-2H3,(H,15,18). The molecule has 1 atom stereocenters. The molecule has 0 aromatic heterocycles. The Morgan fingerprint density at radius 3 is 2.39 bits per heavy atom. The topological polar surface area (TPSA) is 66.4 Å². The smallest absolute Gasteiger partial charge is 0.287 e. The van der Waals surface area contributed by atoms with Gasteiger partial charge < -0.3 is 10.4 Å². The zero-order chi connectivity index (χ0) is 13.5.